The SMILES string of the molecule is C=CC.C=CC=NCC.CC.CNC(=O)c1ccccc1Sc1ccc(C(C)=N)c(N)c1. The van der Waals surface area contributed by atoms with E-state index in [0.717, 1.165) is 21.9 Å². The molecule has 0 aliphatic rings. The average Bonchev–Trinajstić information content (AvgIpc) is 2.79. The van der Waals surface area contributed by atoms with Gasteiger partial charge in [0.05, 0.1) is 5.56 Å². The molecule has 4 N–H and O–H groups in total. The van der Waals surface area contributed by atoms with Crippen LogP contribution in [0.5, 0.6) is 0 Å². The zero-order chi connectivity index (χ0) is 24.9. The number of nitrogen functional groups attached to an aromatic ring is 1. The van der Waals surface area contributed by atoms with Gasteiger partial charge in [0.25, 0.3) is 5.91 Å². The molecule has 0 bridgehead atoms. The molecule has 32 heavy (non-hydrogen) atoms. The summed E-state index contributed by atoms with van der Waals surface area (Å²) in [5.41, 5.74) is 8.35. The second kappa shape index (κ2) is 19.8. The first kappa shape index (κ1) is 31.1. The Kier molecular flexibility index (Phi) is 19.2. The van der Waals surface area contributed by atoms with E-state index in [-0.39, 0.29) is 5.91 Å². The summed E-state index contributed by atoms with van der Waals surface area (Å²) in [5.74, 6) is -0.113. The highest BCUT2D eigenvalue weighted by atomic mass is 32.2. The number of benzene rings is 2. The minimum atomic E-state index is -0.113. The van der Waals surface area contributed by atoms with Crippen LogP contribution >= 0.6 is 11.8 Å². The topological polar surface area (TPSA) is 91.3 Å². The molecule has 0 saturated carbocycles. The number of allylic oxidation sites excluding steroid dienone is 2. The lowest BCUT2D eigenvalue weighted by atomic mass is 10.1. The van der Waals surface area contributed by atoms with Crippen LogP contribution in [0.25, 0.3) is 0 Å². The van der Waals surface area contributed by atoms with Gasteiger partial charge in [-0.05, 0) is 51.1 Å². The van der Waals surface area contributed by atoms with Crippen LogP contribution in [0.4, 0.5) is 5.69 Å². The standard InChI is InChI=1S/C16H17N3OS.C5H9N.C3H6.C2H6/c1-10(17)12-8-7-11(9-14(12)18)21-15-6-4-3-5-13(15)16(20)19-2;1-3-5-6-4-2;1-3-2;1-2/h3-9,17H,18H2,1-2H3,(H,19,20);3,5H,1,4H2,2H3;3H,1H2,2H3;1-2H3. The smallest absolute Gasteiger partial charge is 0.252 e. The van der Waals surface area contributed by atoms with Crippen LogP contribution in [-0.2, 0) is 0 Å². The minimum Gasteiger partial charge on any atom is -0.398 e. The first-order valence-corrected chi connectivity index (χ1v) is 11.3. The number of hydrogen-bond donors (Lipinski definition) is 3. The molecule has 2 rings (SSSR count). The van der Waals surface area contributed by atoms with Crippen molar-refractivity contribution in [1.29, 1.82) is 5.41 Å². The van der Waals surface area contributed by atoms with Gasteiger partial charge in [0.15, 0.2) is 0 Å². The molecule has 0 fully saturated rings. The van der Waals surface area contributed by atoms with Crippen molar-refractivity contribution in [3.8, 4) is 0 Å². The summed E-state index contributed by atoms with van der Waals surface area (Å²) < 4.78 is 0. The van der Waals surface area contributed by atoms with Crippen LogP contribution in [0.1, 0.15) is 50.5 Å². The van der Waals surface area contributed by atoms with Crippen LogP contribution in [0.3, 0.4) is 0 Å². The largest absolute Gasteiger partial charge is 0.398 e. The predicted molar refractivity (Wildman–Crippen MR) is 144 cm³/mol. The number of hydrogen-bond acceptors (Lipinski definition) is 5. The summed E-state index contributed by atoms with van der Waals surface area (Å²) in [6.07, 6.45) is 5.11. The number of carbonyl (C=O) groups excluding carboxylic acids is 1. The van der Waals surface area contributed by atoms with Gasteiger partial charge in [-0.15, -0.1) is 6.58 Å². The molecule has 2 aromatic rings. The third kappa shape index (κ3) is 12.5. The normalized spacial score (nSPS) is 9.06. The number of nitrogens with two attached hydrogens (primary N) is 1. The Morgan fingerprint density at radius 2 is 1.78 bits per heavy atom. The van der Waals surface area contributed by atoms with Gasteiger partial charge in [-0.2, -0.15) is 0 Å². The fourth-order valence-corrected chi connectivity index (χ4v) is 3.12. The monoisotopic (exact) mass is 454 g/mol. The molecule has 1 amide bonds. The summed E-state index contributed by atoms with van der Waals surface area (Å²) in [6, 6.07) is 13.0. The molecule has 0 aliphatic heterocycles. The highest BCUT2D eigenvalue weighted by molar-refractivity contribution is 7.99. The fourth-order valence-electron chi connectivity index (χ4n) is 2.13. The van der Waals surface area contributed by atoms with E-state index >= 15 is 0 Å². The van der Waals surface area contributed by atoms with Crippen molar-refractivity contribution in [2.75, 3.05) is 19.3 Å². The maximum Gasteiger partial charge on any atom is 0.252 e. The van der Waals surface area contributed by atoms with Crippen LogP contribution in [0.15, 0.2) is 82.6 Å². The van der Waals surface area contributed by atoms with E-state index in [9.17, 15) is 4.79 Å². The van der Waals surface area contributed by atoms with Gasteiger partial charge in [0.1, 0.15) is 0 Å². The van der Waals surface area contributed by atoms with E-state index in [1.165, 1.54) is 11.8 Å². The van der Waals surface area contributed by atoms with Crippen molar-refractivity contribution in [1.82, 2.24) is 5.32 Å². The van der Waals surface area contributed by atoms with E-state index < -0.39 is 0 Å². The van der Waals surface area contributed by atoms with Gasteiger partial charge in [0, 0.05) is 46.6 Å². The fraction of sp³-hybridized carbons (Fsp3) is 0.269. The molecule has 0 saturated heterocycles. The van der Waals surface area contributed by atoms with Gasteiger partial charge in [-0.25, -0.2) is 0 Å². The summed E-state index contributed by atoms with van der Waals surface area (Å²) in [5, 5.41) is 10.3. The van der Waals surface area contributed by atoms with Gasteiger partial charge in [-0.1, -0.05) is 56.5 Å². The summed E-state index contributed by atoms with van der Waals surface area (Å²) >= 11 is 1.48. The number of nitrogens with one attached hydrogen (secondary N) is 2. The quantitative estimate of drug-likeness (QED) is 0.259. The van der Waals surface area contributed by atoms with Crippen molar-refractivity contribution in [3.63, 3.8) is 0 Å². The van der Waals surface area contributed by atoms with Crippen molar-refractivity contribution in [2.45, 2.75) is 44.4 Å². The van der Waals surface area contributed by atoms with Gasteiger partial charge in [-0.3, -0.25) is 9.79 Å². The number of anilines is 1. The third-order valence-corrected chi connectivity index (χ3v) is 4.47. The van der Waals surface area contributed by atoms with Crippen LogP contribution in [0.2, 0.25) is 0 Å². The number of rotatable bonds is 6. The molecule has 5 nitrogen and oxygen atoms in total. The zero-order valence-electron chi connectivity index (χ0n) is 20.2. The number of nitrogens with zero attached hydrogens (tertiary/aromatic N) is 1. The Morgan fingerprint density at radius 3 is 2.22 bits per heavy atom. The Balaban J connectivity index is 0. The first-order chi connectivity index (χ1) is 15.4. The van der Waals surface area contributed by atoms with Crippen molar-refractivity contribution in [3.05, 3.63) is 78.9 Å². The summed E-state index contributed by atoms with van der Waals surface area (Å²) in [4.78, 5) is 17.5. The molecule has 0 atom stereocenters. The predicted octanol–water partition coefficient (Wildman–Crippen LogP) is 6.65. The number of amides is 1. The lowest BCUT2D eigenvalue weighted by Crippen LogP contribution is -2.18. The molecule has 2 aromatic carbocycles. The van der Waals surface area contributed by atoms with E-state index in [0.29, 0.717) is 17.0 Å². The lowest BCUT2D eigenvalue weighted by molar-refractivity contribution is 0.0960. The molecule has 0 radical (unpaired) electrons. The molecule has 0 heterocycles. The highest BCUT2D eigenvalue weighted by Crippen LogP contribution is 2.32. The molecule has 0 spiro atoms. The molecule has 174 valence electrons. The highest BCUT2D eigenvalue weighted by Gasteiger charge is 2.11. The lowest BCUT2D eigenvalue weighted by Gasteiger charge is -2.10. The van der Waals surface area contributed by atoms with Gasteiger partial charge < -0.3 is 16.5 Å². The Labute approximate surface area is 198 Å². The van der Waals surface area contributed by atoms with E-state index in [2.05, 4.69) is 23.5 Å². The van der Waals surface area contributed by atoms with Gasteiger partial charge >= 0.3 is 0 Å². The van der Waals surface area contributed by atoms with E-state index in [4.69, 9.17) is 11.1 Å². The molecule has 6 heteroatoms. The Bertz CT molecular complexity index is 876. The first-order valence-electron chi connectivity index (χ1n) is 10.5. The van der Waals surface area contributed by atoms with Crippen LogP contribution in [0, 0.1) is 5.41 Å². The van der Waals surface area contributed by atoms with E-state index in [1.54, 1.807) is 38.4 Å². The van der Waals surface area contributed by atoms with Crippen molar-refractivity contribution >= 4 is 35.3 Å². The Morgan fingerprint density at radius 1 is 1.19 bits per heavy atom. The van der Waals surface area contributed by atoms with E-state index in [1.807, 2.05) is 64.1 Å². The molecule has 0 aromatic heterocycles. The van der Waals surface area contributed by atoms with Crippen molar-refractivity contribution in [2.24, 2.45) is 4.99 Å². The van der Waals surface area contributed by atoms with Crippen LogP contribution < -0.4 is 11.1 Å². The second-order valence-corrected chi connectivity index (χ2v) is 6.96. The molecular weight excluding hydrogens is 416 g/mol. The zero-order valence-corrected chi connectivity index (χ0v) is 21.1. The third-order valence-electron chi connectivity index (χ3n) is 3.41. The van der Waals surface area contributed by atoms with Crippen LogP contribution in [-0.4, -0.2) is 31.4 Å². The van der Waals surface area contributed by atoms with Gasteiger partial charge in [0.2, 0.25) is 0 Å². The summed E-state index contributed by atoms with van der Waals surface area (Å²) in [6.45, 7) is 17.2. The maximum absolute atomic E-state index is 11.9. The second-order valence-electron chi connectivity index (χ2n) is 5.84. The Hall–Kier alpha value is -3.12. The number of carbonyl (C=O) groups is 1. The average molecular weight is 455 g/mol. The molecule has 0 unspecified atom stereocenters. The number of aliphatic imine (C=N–C) groups is 1. The summed E-state index contributed by atoms with van der Waals surface area (Å²) in [7, 11) is 1.61. The maximum atomic E-state index is 11.9. The molecular formula is C26H38N4OS. The molecule has 0 aliphatic carbocycles. The van der Waals surface area contributed by atoms with Crippen molar-refractivity contribution < 1.29 is 4.79 Å². The minimum absolute atomic E-state index is 0.113.